The van der Waals surface area contributed by atoms with Gasteiger partial charge >= 0.3 is 0 Å². The molecule has 0 radical (unpaired) electrons. The summed E-state index contributed by atoms with van der Waals surface area (Å²) in [4.78, 5) is 4.71. The lowest BCUT2D eigenvalue weighted by atomic mass is 9.84. The Morgan fingerprint density at radius 3 is 2.38 bits per heavy atom. The van der Waals surface area contributed by atoms with Gasteiger partial charge in [0.15, 0.2) is 0 Å². The number of benzene rings is 4. The van der Waals surface area contributed by atoms with Gasteiger partial charge in [-0.3, -0.25) is 4.98 Å². The van der Waals surface area contributed by atoms with Gasteiger partial charge in [-0.2, -0.15) is 0 Å². The van der Waals surface area contributed by atoms with E-state index in [-0.39, 0.29) is 0 Å². The fraction of sp³-hybridized carbons (Fsp3) is 0.216. The molecule has 0 saturated heterocycles. The summed E-state index contributed by atoms with van der Waals surface area (Å²) >= 11 is 1.88. The Morgan fingerprint density at radius 2 is 1.55 bits per heavy atom. The van der Waals surface area contributed by atoms with E-state index in [0.717, 1.165) is 22.9 Å². The molecule has 4 aromatic carbocycles. The highest BCUT2D eigenvalue weighted by Crippen LogP contribution is 2.48. The third-order valence-corrected chi connectivity index (χ3v) is 10.2. The highest BCUT2D eigenvalue weighted by Gasteiger charge is 2.23. The molecular weight excluding hydrogens is 504 g/mol. The summed E-state index contributed by atoms with van der Waals surface area (Å²) in [6.07, 6.45) is 8.55. The number of thiophene rings is 1. The molecular formula is C37H32N2S. The highest BCUT2D eigenvalue weighted by atomic mass is 32.1. The van der Waals surface area contributed by atoms with Gasteiger partial charge in [-0.25, -0.2) is 0 Å². The third-order valence-electron chi connectivity index (χ3n) is 9.06. The Labute approximate surface area is 239 Å². The maximum Gasteiger partial charge on any atom is 0.0704 e. The fourth-order valence-corrected chi connectivity index (χ4v) is 8.10. The molecule has 2 nitrogen and oxygen atoms in total. The second kappa shape index (κ2) is 9.31. The predicted molar refractivity (Wildman–Crippen MR) is 172 cm³/mol. The summed E-state index contributed by atoms with van der Waals surface area (Å²) < 4.78 is 2.67. The van der Waals surface area contributed by atoms with Crippen LogP contribution in [0.2, 0.25) is 0 Å². The molecule has 3 heteroatoms. The first-order valence-corrected chi connectivity index (χ1v) is 15.4. The number of nitrogens with one attached hydrogen (secondary N) is 1. The number of hydrogen-bond donors (Lipinski definition) is 1. The molecule has 6 aromatic rings. The van der Waals surface area contributed by atoms with Gasteiger partial charge in [0.2, 0.25) is 0 Å². The van der Waals surface area contributed by atoms with Crippen LogP contribution in [0.25, 0.3) is 53.7 Å². The number of rotatable bonds is 3. The van der Waals surface area contributed by atoms with E-state index in [9.17, 15) is 0 Å². The third kappa shape index (κ3) is 3.95. The van der Waals surface area contributed by atoms with Gasteiger partial charge in [0.25, 0.3) is 0 Å². The normalized spacial score (nSPS) is 14.6. The Bertz CT molecular complexity index is 1940. The Kier molecular flexibility index (Phi) is 5.56. The Morgan fingerprint density at radius 1 is 0.750 bits per heavy atom. The van der Waals surface area contributed by atoms with E-state index in [2.05, 4.69) is 98.0 Å². The molecule has 2 bridgehead atoms. The van der Waals surface area contributed by atoms with Gasteiger partial charge in [-0.1, -0.05) is 62.1 Å². The zero-order chi connectivity index (χ0) is 26.8. The molecule has 3 heterocycles. The van der Waals surface area contributed by atoms with Crippen molar-refractivity contribution in [1.29, 1.82) is 0 Å². The van der Waals surface area contributed by atoms with E-state index in [0.29, 0.717) is 0 Å². The van der Waals surface area contributed by atoms with Crippen molar-refractivity contribution in [3.05, 3.63) is 102 Å². The van der Waals surface area contributed by atoms with Gasteiger partial charge in [-0.05, 0) is 96.5 Å². The molecule has 1 saturated carbocycles. The van der Waals surface area contributed by atoms with Crippen molar-refractivity contribution >= 4 is 42.9 Å². The van der Waals surface area contributed by atoms with Crippen LogP contribution in [0.4, 0.5) is 11.4 Å². The molecule has 196 valence electrons. The first-order valence-electron chi connectivity index (χ1n) is 14.5. The summed E-state index contributed by atoms with van der Waals surface area (Å²) in [6, 6.07) is 29.7. The number of anilines is 2. The average molecular weight is 537 g/mol. The number of nitrogens with zero attached hydrogens (tertiary/aromatic N) is 1. The zero-order valence-electron chi connectivity index (χ0n) is 23.1. The lowest BCUT2D eigenvalue weighted by molar-refractivity contribution is 0.546. The second-order valence-electron chi connectivity index (χ2n) is 11.8. The smallest absolute Gasteiger partial charge is 0.0704 e. The van der Waals surface area contributed by atoms with Crippen LogP contribution < -0.4 is 5.32 Å². The molecule has 0 unspecified atom stereocenters. The number of fused-ring (bicyclic) bond motifs is 9. The van der Waals surface area contributed by atoms with Gasteiger partial charge in [0.05, 0.1) is 5.69 Å². The van der Waals surface area contributed by atoms with Crippen molar-refractivity contribution in [1.82, 2.24) is 4.98 Å². The van der Waals surface area contributed by atoms with Crippen molar-refractivity contribution in [3.8, 4) is 33.5 Å². The molecule has 0 spiro atoms. The van der Waals surface area contributed by atoms with E-state index in [1.165, 1.54) is 96.9 Å². The second-order valence-corrected chi connectivity index (χ2v) is 12.9. The summed E-state index contributed by atoms with van der Waals surface area (Å²) in [5.41, 5.74) is 13.8. The predicted octanol–water partition coefficient (Wildman–Crippen LogP) is 10.9. The maximum atomic E-state index is 4.71. The minimum atomic E-state index is 0.800. The van der Waals surface area contributed by atoms with Crippen LogP contribution in [0, 0.1) is 19.8 Å². The monoisotopic (exact) mass is 536 g/mol. The van der Waals surface area contributed by atoms with Gasteiger partial charge in [-0.15, -0.1) is 11.3 Å². The number of pyridine rings is 1. The molecule has 2 aliphatic rings. The number of aryl methyl sites for hydroxylation is 1. The molecule has 1 fully saturated rings. The average Bonchev–Trinajstić information content (AvgIpc) is 3.61. The SMILES string of the molecule is Cc1ccnc(-c2ccc3c(c2)-c2cc(CC4CCCC4)cc(c2C)-c2cc4c(cc2N3)sc2ccccc24)c1. The molecule has 40 heavy (non-hydrogen) atoms. The van der Waals surface area contributed by atoms with E-state index in [4.69, 9.17) is 4.98 Å². The molecule has 0 atom stereocenters. The van der Waals surface area contributed by atoms with Crippen molar-refractivity contribution in [3.63, 3.8) is 0 Å². The van der Waals surface area contributed by atoms with Crippen LogP contribution in [0.3, 0.4) is 0 Å². The lowest BCUT2D eigenvalue weighted by Crippen LogP contribution is -2.05. The number of hydrogen-bond acceptors (Lipinski definition) is 3. The lowest BCUT2D eigenvalue weighted by Gasteiger charge is -2.25. The zero-order valence-corrected chi connectivity index (χ0v) is 23.9. The summed E-state index contributed by atoms with van der Waals surface area (Å²) in [5.74, 6) is 0.800. The Balaban J connectivity index is 1.38. The first kappa shape index (κ1) is 23.9. The molecule has 2 aromatic heterocycles. The molecule has 8 rings (SSSR count). The standard InChI is InChI=1S/C37H32N2S/c1-22-13-14-38-34(15-22)26-11-12-33-30(19-26)28-17-25(16-24-7-3-4-8-24)18-29(23(28)2)31-20-32-27-9-5-6-10-36(27)40-37(32)21-35(31)39-33/h5-6,9-15,17-21,24,39H,3-4,7-8,16H2,1-2H3. The van der Waals surface area contributed by atoms with Gasteiger partial charge < -0.3 is 5.32 Å². The molecule has 1 aliphatic carbocycles. The summed E-state index contributed by atoms with van der Waals surface area (Å²) in [7, 11) is 0. The topological polar surface area (TPSA) is 24.9 Å². The van der Waals surface area contributed by atoms with Crippen molar-refractivity contribution in [2.45, 2.75) is 46.0 Å². The highest BCUT2D eigenvalue weighted by molar-refractivity contribution is 7.25. The molecule has 1 N–H and O–H groups in total. The summed E-state index contributed by atoms with van der Waals surface area (Å²) in [6.45, 7) is 4.45. The fourth-order valence-electron chi connectivity index (χ4n) is 6.97. The van der Waals surface area contributed by atoms with E-state index < -0.39 is 0 Å². The van der Waals surface area contributed by atoms with Crippen molar-refractivity contribution < 1.29 is 0 Å². The minimum Gasteiger partial charge on any atom is -0.354 e. The van der Waals surface area contributed by atoms with Gasteiger partial charge in [0.1, 0.15) is 0 Å². The van der Waals surface area contributed by atoms with Crippen LogP contribution in [-0.4, -0.2) is 4.98 Å². The first-order chi connectivity index (χ1) is 19.6. The van der Waals surface area contributed by atoms with Crippen LogP contribution in [0.15, 0.2) is 85.1 Å². The number of aromatic nitrogens is 1. The summed E-state index contributed by atoms with van der Waals surface area (Å²) in [5, 5.41) is 6.59. The molecule has 0 amide bonds. The van der Waals surface area contributed by atoms with Crippen LogP contribution in [-0.2, 0) is 6.42 Å². The van der Waals surface area contributed by atoms with Gasteiger partial charge in [0, 0.05) is 54.4 Å². The van der Waals surface area contributed by atoms with E-state index >= 15 is 0 Å². The largest absolute Gasteiger partial charge is 0.354 e. The molecule has 1 aliphatic heterocycles. The van der Waals surface area contributed by atoms with Crippen LogP contribution in [0.1, 0.15) is 42.4 Å². The van der Waals surface area contributed by atoms with Crippen molar-refractivity contribution in [2.75, 3.05) is 5.32 Å². The quantitative estimate of drug-likeness (QED) is 0.243. The van der Waals surface area contributed by atoms with Crippen molar-refractivity contribution in [2.24, 2.45) is 5.92 Å². The Hall–Kier alpha value is -3.95. The maximum absolute atomic E-state index is 4.71. The van der Waals surface area contributed by atoms with E-state index in [1.807, 2.05) is 17.5 Å². The van der Waals surface area contributed by atoms with Crippen LogP contribution >= 0.6 is 11.3 Å². The minimum absolute atomic E-state index is 0.800. The van der Waals surface area contributed by atoms with Crippen LogP contribution in [0.5, 0.6) is 0 Å². The van der Waals surface area contributed by atoms with E-state index in [1.54, 1.807) is 0 Å².